The van der Waals surface area contributed by atoms with Crippen molar-refractivity contribution < 1.29 is 19.1 Å². The Morgan fingerprint density at radius 3 is 2.37 bits per heavy atom. The number of anilines is 1. The first kappa shape index (κ1) is 21.4. The van der Waals surface area contributed by atoms with Gasteiger partial charge in [-0.15, -0.1) is 0 Å². The molecule has 0 aromatic heterocycles. The Balaban J connectivity index is 1.82. The van der Waals surface area contributed by atoms with Crippen molar-refractivity contribution >= 4 is 23.6 Å². The highest BCUT2D eigenvalue weighted by Crippen LogP contribution is 2.34. The Morgan fingerprint density at radius 2 is 1.73 bits per heavy atom. The summed E-state index contributed by atoms with van der Waals surface area (Å²) < 4.78 is 5.61. The molecule has 30 heavy (non-hydrogen) atoms. The smallest absolute Gasteiger partial charge is 0.411 e. The normalized spacial score (nSPS) is 18.1. The van der Waals surface area contributed by atoms with Gasteiger partial charge in [0.15, 0.2) is 12.1 Å². The van der Waals surface area contributed by atoms with Gasteiger partial charge in [0.1, 0.15) is 0 Å². The molecule has 1 heterocycles. The number of carbonyl (C=O) groups is 3. The maximum atomic E-state index is 12.8. The molecule has 2 aromatic carbocycles. The van der Waals surface area contributed by atoms with E-state index >= 15 is 0 Å². The zero-order valence-corrected chi connectivity index (χ0v) is 17.3. The molecule has 0 spiro atoms. The van der Waals surface area contributed by atoms with Crippen molar-refractivity contribution in [3.8, 4) is 0 Å². The zero-order chi connectivity index (χ0) is 21.5. The molecule has 2 N–H and O–H groups in total. The molecule has 3 amide bonds. The number of hydrogen-bond donors (Lipinski definition) is 2. The van der Waals surface area contributed by atoms with E-state index < -0.39 is 18.2 Å². The van der Waals surface area contributed by atoms with Crippen LogP contribution < -0.4 is 10.6 Å². The Labute approximate surface area is 176 Å². The van der Waals surface area contributed by atoms with Crippen LogP contribution in [0.1, 0.15) is 43.9 Å². The summed E-state index contributed by atoms with van der Waals surface area (Å²) in [6, 6.07) is 15.8. The number of ether oxygens (including phenoxy) is 1. The number of rotatable bonds is 8. The molecule has 2 atom stereocenters. The maximum absolute atomic E-state index is 12.8. The first-order chi connectivity index (χ1) is 14.5. The molecule has 1 aliphatic rings. The summed E-state index contributed by atoms with van der Waals surface area (Å²) in [4.78, 5) is 38.7. The number of carbonyl (C=O) groups excluding carboxylic acids is 3. The van der Waals surface area contributed by atoms with Crippen molar-refractivity contribution in [3.05, 3.63) is 65.7 Å². The fourth-order valence-corrected chi connectivity index (χ4v) is 3.48. The van der Waals surface area contributed by atoms with Crippen LogP contribution in [0.4, 0.5) is 10.5 Å². The SMILES string of the molecule is CCCC(=O)Nc1ccc(C2OC(=O)N(Cc3ccccc3)C2C(=O)NCC)cc1. The molecule has 1 fully saturated rings. The Bertz CT molecular complexity index is 883. The maximum Gasteiger partial charge on any atom is 0.411 e. The summed E-state index contributed by atoms with van der Waals surface area (Å²) in [6.45, 7) is 4.51. The predicted octanol–water partition coefficient (Wildman–Crippen LogP) is 3.62. The van der Waals surface area contributed by atoms with Crippen LogP contribution in [0.25, 0.3) is 0 Å². The zero-order valence-electron chi connectivity index (χ0n) is 17.3. The predicted molar refractivity (Wildman–Crippen MR) is 114 cm³/mol. The molecule has 0 bridgehead atoms. The molecule has 3 rings (SSSR count). The number of benzene rings is 2. The van der Waals surface area contributed by atoms with Gasteiger partial charge >= 0.3 is 6.09 Å². The first-order valence-electron chi connectivity index (χ1n) is 10.2. The molecular formula is C23H27N3O4. The lowest BCUT2D eigenvalue weighted by molar-refractivity contribution is -0.126. The second-order valence-corrected chi connectivity index (χ2v) is 7.18. The minimum Gasteiger partial charge on any atom is -0.438 e. The number of nitrogens with one attached hydrogen (secondary N) is 2. The Hall–Kier alpha value is -3.35. The van der Waals surface area contributed by atoms with Gasteiger partial charge in [-0.2, -0.15) is 0 Å². The van der Waals surface area contributed by atoms with Crippen LogP contribution in [-0.2, 0) is 20.9 Å². The van der Waals surface area contributed by atoms with E-state index in [4.69, 9.17) is 4.74 Å². The van der Waals surface area contributed by atoms with E-state index in [1.165, 1.54) is 4.90 Å². The summed E-state index contributed by atoms with van der Waals surface area (Å²) in [5, 5.41) is 5.63. The molecule has 1 saturated heterocycles. The van der Waals surface area contributed by atoms with Crippen molar-refractivity contribution in [2.45, 2.75) is 45.4 Å². The molecule has 1 aliphatic heterocycles. The number of hydrogen-bond acceptors (Lipinski definition) is 4. The van der Waals surface area contributed by atoms with Gasteiger partial charge in [-0.3, -0.25) is 14.5 Å². The summed E-state index contributed by atoms with van der Waals surface area (Å²) in [5.74, 6) is -0.309. The second-order valence-electron chi connectivity index (χ2n) is 7.18. The molecule has 0 radical (unpaired) electrons. The highest BCUT2D eigenvalue weighted by molar-refractivity contribution is 5.91. The van der Waals surface area contributed by atoms with Crippen molar-refractivity contribution in [2.75, 3.05) is 11.9 Å². The topological polar surface area (TPSA) is 87.7 Å². The molecule has 158 valence electrons. The van der Waals surface area contributed by atoms with Gasteiger partial charge in [0.2, 0.25) is 11.8 Å². The third kappa shape index (κ3) is 4.97. The number of likely N-dealkylation sites (N-methyl/N-ethyl adjacent to an activating group) is 1. The third-order valence-corrected chi connectivity index (χ3v) is 4.90. The monoisotopic (exact) mass is 409 g/mol. The van der Waals surface area contributed by atoms with E-state index in [0.717, 1.165) is 12.0 Å². The van der Waals surface area contributed by atoms with E-state index in [0.29, 0.717) is 24.2 Å². The first-order valence-corrected chi connectivity index (χ1v) is 10.2. The van der Waals surface area contributed by atoms with Gasteiger partial charge in [-0.05, 0) is 36.6 Å². The van der Waals surface area contributed by atoms with Crippen molar-refractivity contribution in [3.63, 3.8) is 0 Å². The molecule has 7 nitrogen and oxygen atoms in total. The average Bonchev–Trinajstić information content (AvgIpc) is 3.06. The Morgan fingerprint density at radius 1 is 1.03 bits per heavy atom. The van der Waals surface area contributed by atoms with Crippen LogP contribution in [0.5, 0.6) is 0 Å². The van der Waals surface area contributed by atoms with Gasteiger partial charge in [-0.1, -0.05) is 49.4 Å². The Kier molecular flexibility index (Phi) is 7.06. The molecule has 2 unspecified atom stereocenters. The molecule has 2 aromatic rings. The van der Waals surface area contributed by atoms with Crippen LogP contribution >= 0.6 is 0 Å². The van der Waals surface area contributed by atoms with E-state index in [9.17, 15) is 14.4 Å². The minimum atomic E-state index is -0.779. The van der Waals surface area contributed by atoms with Crippen molar-refractivity contribution in [1.82, 2.24) is 10.2 Å². The largest absolute Gasteiger partial charge is 0.438 e. The standard InChI is InChI=1S/C23H27N3O4/c1-3-8-19(27)25-18-13-11-17(12-14-18)21-20(22(28)24-4-2)26(23(29)30-21)15-16-9-6-5-7-10-16/h5-7,9-14,20-21H,3-4,8,15H2,1-2H3,(H,24,28)(H,25,27). The van der Waals surface area contributed by atoms with Crippen LogP contribution in [0.3, 0.4) is 0 Å². The van der Waals surface area contributed by atoms with Gasteiger partial charge in [0, 0.05) is 18.7 Å². The summed E-state index contributed by atoms with van der Waals surface area (Å²) in [5.41, 5.74) is 2.28. The van der Waals surface area contributed by atoms with Crippen molar-refractivity contribution in [1.29, 1.82) is 0 Å². The van der Waals surface area contributed by atoms with E-state index in [2.05, 4.69) is 10.6 Å². The lowest BCUT2D eigenvalue weighted by Crippen LogP contribution is -2.46. The van der Waals surface area contributed by atoms with Crippen LogP contribution in [0.2, 0.25) is 0 Å². The van der Waals surface area contributed by atoms with Crippen LogP contribution in [0, 0.1) is 0 Å². The quantitative estimate of drug-likeness (QED) is 0.697. The lowest BCUT2D eigenvalue weighted by Gasteiger charge is -2.24. The second kappa shape index (κ2) is 9.91. The molecular weight excluding hydrogens is 382 g/mol. The summed E-state index contributed by atoms with van der Waals surface area (Å²) >= 11 is 0. The number of nitrogens with zero attached hydrogens (tertiary/aromatic N) is 1. The number of amides is 3. The highest BCUT2D eigenvalue weighted by atomic mass is 16.6. The van der Waals surface area contributed by atoms with E-state index in [1.54, 1.807) is 24.3 Å². The van der Waals surface area contributed by atoms with Gasteiger partial charge in [0.05, 0.1) is 6.54 Å². The van der Waals surface area contributed by atoms with Crippen LogP contribution in [0.15, 0.2) is 54.6 Å². The number of cyclic esters (lactones) is 1. The van der Waals surface area contributed by atoms with E-state index in [-0.39, 0.29) is 18.4 Å². The third-order valence-electron chi connectivity index (χ3n) is 4.90. The van der Waals surface area contributed by atoms with Crippen LogP contribution in [-0.4, -0.2) is 35.4 Å². The fraction of sp³-hybridized carbons (Fsp3) is 0.348. The summed E-state index contributed by atoms with van der Waals surface area (Å²) in [6.07, 6.45) is -0.0306. The van der Waals surface area contributed by atoms with Gasteiger partial charge in [-0.25, -0.2) is 4.79 Å². The summed E-state index contributed by atoms with van der Waals surface area (Å²) in [7, 11) is 0. The fourth-order valence-electron chi connectivity index (χ4n) is 3.48. The molecule has 0 aliphatic carbocycles. The lowest BCUT2D eigenvalue weighted by atomic mass is 10.0. The van der Waals surface area contributed by atoms with E-state index in [1.807, 2.05) is 44.2 Å². The molecule has 7 heteroatoms. The molecule has 0 saturated carbocycles. The van der Waals surface area contributed by atoms with Gasteiger partial charge in [0.25, 0.3) is 0 Å². The van der Waals surface area contributed by atoms with Crippen molar-refractivity contribution in [2.24, 2.45) is 0 Å². The average molecular weight is 409 g/mol. The highest BCUT2D eigenvalue weighted by Gasteiger charge is 2.46. The van der Waals surface area contributed by atoms with Gasteiger partial charge < -0.3 is 15.4 Å². The minimum absolute atomic E-state index is 0.0493.